The highest BCUT2D eigenvalue weighted by atomic mass is 16.3. The van der Waals surface area contributed by atoms with Gasteiger partial charge in [-0.1, -0.05) is 18.2 Å². The van der Waals surface area contributed by atoms with Gasteiger partial charge in [-0.05, 0) is 12.1 Å². The van der Waals surface area contributed by atoms with E-state index in [4.69, 9.17) is 5.11 Å². The van der Waals surface area contributed by atoms with Gasteiger partial charge in [-0.25, -0.2) is 0 Å². The van der Waals surface area contributed by atoms with E-state index in [1.54, 1.807) is 0 Å². The SMILES string of the molecule is OCC1=NCC2=Nc3ccccc3C2=C1. The summed E-state index contributed by atoms with van der Waals surface area (Å²) >= 11 is 0. The predicted octanol–water partition coefficient (Wildman–Crippen LogP) is 1.60. The Bertz CT molecular complexity index is 512. The quantitative estimate of drug-likeness (QED) is 0.732. The van der Waals surface area contributed by atoms with E-state index in [1.165, 1.54) is 0 Å². The van der Waals surface area contributed by atoms with Gasteiger partial charge in [-0.3, -0.25) is 9.98 Å². The molecule has 3 heteroatoms. The summed E-state index contributed by atoms with van der Waals surface area (Å²) in [6.07, 6.45) is 1.92. The molecule has 2 aliphatic rings. The van der Waals surface area contributed by atoms with Crippen LogP contribution in [0.1, 0.15) is 5.56 Å². The van der Waals surface area contributed by atoms with Crippen molar-refractivity contribution in [2.45, 2.75) is 0 Å². The fraction of sp³-hybridized carbons (Fsp3) is 0.167. The molecule has 0 spiro atoms. The summed E-state index contributed by atoms with van der Waals surface area (Å²) < 4.78 is 0. The minimum atomic E-state index is -0.00104. The van der Waals surface area contributed by atoms with Crippen LogP contribution in [0.15, 0.2) is 40.3 Å². The number of aliphatic imine (C=N–C) groups is 2. The first-order chi connectivity index (χ1) is 7.38. The fourth-order valence-electron chi connectivity index (χ4n) is 1.93. The maximum Gasteiger partial charge on any atom is 0.0848 e. The molecule has 0 saturated heterocycles. The van der Waals surface area contributed by atoms with Crippen molar-refractivity contribution in [1.82, 2.24) is 0 Å². The summed E-state index contributed by atoms with van der Waals surface area (Å²) in [5.41, 5.74) is 5.01. The average molecular weight is 198 g/mol. The Morgan fingerprint density at radius 3 is 3.00 bits per heavy atom. The molecule has 0 radical (unpaired) electrons. The van der Waals surface area contributed by atoms with Gasteiger partial charge in [0.2, 0.25) is 0 Å². The molecule has 1 N–H and O–H groups in total. The molecule has 1 aromatic rings. The summed E-state index contributed by atoms with van der Waals surface area (Å²) in [7, 11) is 0. The van der Waals surface area contributed by atoms with Gasteiger partial charge in [-0.15, -0.1) is 0 Å². The number of benzene rings is 1. The highest BCUT2D eigenvalue weighted by Crippen LogP contribution is 2.35. The Morgan fingerprint density at radius 2 is 2.13 bits per heavy atom. The maximum atomic E-state index is 9.04. The lowest BCUT2D eigenvalue weighted by molar-refractivity contribution is 0.358. The van der Waals surface area contributed by atoms with Gasteiger partial charge >= 0.3 is 0 Å². The zero-order valence-electron chi connectivity index (χ0n) is 8.14. The molecule has 15 heavy (non-hydrogen) atoms. The third-order valence-corrected chi connectivity index (χ3v) is 2.67. The molecule has 0 atom stereocenters. The topological polar surface area (TPSA) is 45.0 Å². The van der Waals surface area contributed by atoms with Gasteiger partial charge in [-0.2, -0.15) is 0 Å². The minimum Gasteiger partial charge on any atom is -0.390 e. The molecule has 2 aliphatic heterocycles. The summed E-state index contributed by atoms with van der Waals surface area (Å²) in [5, 5.41) is 9.04. The third-order valence-electron chi connectivity index (χ3n) is 2.67. The summed E-state index contributed by atoms with van der Waals surface area (Å²) in [6.45, 7) is 0.579. The van der Waals surface area contributed by atoms with E-state index in [1.807, 2.05) is 24.3 Å². The molecule has 3 rings (SSSR count). The molecule has 0 unspecified atom stereocenters. The van der Waals surface area contributed by atoms with Crippen molar-refractivity contribution in [3.63, 3.8) is 0 Å². The molecule has 3 nitrogen and oxygen atoms in total. The zero-order chi connectivity index (χ0) is 10.3. The summed E-state index contributed by atoms with van der Waals surface area (Å²) in [4.78, 5) is 8.74. The van der Waals surface area contributed by atoms with E-state index >= 15 is 0 Å². The van der Waals surface area contributed by atoms with Crippen LogP contribution >= 0.6 is 0 Å². The van der Waals surface area contributed by atoms with E-state index < -0.39 is 0 Å². The first kappa shape index (κ1) is 8.56. The summed E-state index contributed by atoms with van der Waals surface area (Å²) in [6, 6.07) is 8.04. The lowest BCUT2D eigenvalue weighted by Gasteiger charge is -2.09. The Kier molecular flexibility index (Phi) is 1.79. The van der Waals surface area contributed by atoms with Crippen LogP contribution in [0.5, 0.6) is 0 Å². The van der Waals surface area contributed by atoms with Crippen molar-refractivity contribution >= 4 is 22.7 Å². The summed E-state index contributed by atoms with van der Waals surface area (Å²) in [5.74, 6) is 0. The van der Waals surface area contributed by atoms with Crippen molar-refractivity contribution in [3.05, 3.63) is 35.9 Å². The molecule has 0 aromatic heterocycles. The van der Waals surface area contributed by atoms with Gasteiger partial charge < -0.3 is 5.11 Å². The molecule has 0 fully saturated rings. The van der Waals surface area contributed by atoms with E-state index in [0.717, 1.165) is 28.2 Å². The van der Waals surface area contributed by atoms with Crippen LogP contribution in [-0.4, -0.2) is 29.7 Å². The fourth-order valence-corrected chi connectivity index (χ4v) is 1.93. The zero-order valence-corrected chi connectivity index (χ0v) is 8.14. The smallest absolute Gasteiger partial charge is 0.0848 e. The first-order valence-corrected chi connectivity index (χ1v) is 4.92. The molecule has 0 amide bonds. The van der Waals surface area contributed by atoms with Crippen molar-refractivity contribution in [2.75, 3.05) is 13.2 Å². The van der Waals surface area contributed by atoms with Gasteiger partial charge in [0.25, 0.3) is 0 Å². The number of dihydropyridines is 1. The predicted molar refractivity (Wildman–Crippen MR) is 60.9 cm³/mol. The molecular formula is C12H10N2O. The molecule has 0 aliphatic carbocycles. The number of hydrogen-bond acceptors (Lipinski definition) is 3. The normalized spacial score (nSPS) is 17.5. The van der Waals surface area contributed by atoms with Crippen molar-refractivity contribution in [3.8, 4) is 0 Å². The molecule has 0 saturated carbocycles. The van der Waals surface area contributed by atoms with Crippen LogP contribution in [-0.2, 0) is 0 Å². The molecular weight excluding hydrogens is 188 g/mol. The van der Waals surface area contributed by atoms with E-state index in [0.29, 0.717) is 6.54 Å². The molecule has 2 heterocycles. The third kappa shape index (κ3) is 1.24. The average Bonchev–Trinajstić information content (AvgIpc) is 2.66. The van der Waals surface area contributed by atoms with Crippen molar-refractivity contribution in [1.29, 1.82) is 0 Å². The highest BCUT2D eigenvalue weighted by Gasteiger charge is 2.22. The van der Waals surface area contributed by atoms with Gasteiger partial charge in [0.05, 0.1) is 30.3 Å². The number of aliphatic hydroxyl groups excluding tert-OH is 1. The number of aliphatic hydroxyl groups is 1. The Morgan fingerprint density at radius 1 is 1.27 bits per heavy atom. The second kappa shape index (κ2) is 3.14. The molecule has 0 bridgehead atoms. The van der Waals surface area contributed by atoms with Gasteiger partial charge in [0, 0.05) is 11.1 Å². The highest BCUT2D eigenvalue weighted by molar-refractivity contribution is 6.34. The second-order valence-electron chi connectivity index (χ2n) is 3.60. The number of para-hydroxylation sites is 1. The van der Waals surface area contributed by atoms with Gasteiger partial charge in [0.15, 0.2) is 0 Å². The van der Waals surface area contributed by atoms with Crippen LogP contribution in [0.25, 0.3) is 5.57 Å². The van der Waals surface area contributed by atoms with E-state index in [9.17, 15) is 0 Å². The largest absolute Gasteiger partial charge is 0.390 e. The van der Waals surface area contributed by atoms with Crippen LogP contribution in [0, 0.1) is 0 Å². The lowest BCUT2D eigenvalue weighted by atomic mass is 9.99. The number of hydrogen-bond donors (Lipinski definition) is 1. The Balaban J connectivity index is 2.14. The van der Waals surface area contributed by atoms with Crippen LogP contribution in [0.3, 0.4) is 0 Å². The molecule has 74 valence electrons. The number of rotatable bonds is 1. The standard InChI is InChI=1S/C12H10N2O/c15-7-8-5-10-9-3-1-2-4-11(9)14-12(10)6-13-8/h1-5,15H,6-7H2. The van der Waals surface area contributed by atoms with Gasteiger partial charge in [0.1, 0.15) is 0 Å². The van der Waals surface area contributed by atoms with Crippen molar-refractivity contribution < 1.29 is 5.11 Å². The minimum absolute atomic E-state index is 0.00104. The van der Waals surface area contributed by atoms with E-state index in [-0.39, 0.29) is 6.61 Å². The monoisotopic (exact) mass is 198 g/mol. The maximum absolute atomic E-state index is 9.04. The number of nitrogens with zero attached hydrogens (tertiary/aromatic N) is 2. The Hall–Kier alpha value is -1.74. The second-order valence-corrected chi connectivity index (χ2v) is 3.60. The first-order valence-electron chi connectivity index (χ1n) is 4.92. The van der Waals surface area contributed by atoms with Crippen LogP contribution in [0.2, 0.25) is 0 Å². The Labute approximate surface area is 87.5 Å². The van der Waals surface area contributed by atoms with E-state index in [2.05, 4.69) is 16.1 Å². The molecule has 1 aromatic carbocycles. The van der Waals surface area contributed by atoms with Crippen LogP contribution < -0.4 is 0 Å². The lowest BCUT2D eigenvalue weighted by Crippen LogP contribution is -2.14. The van der Waals surface area contributed by atoms with Crippen LogP contribution in [0.4, 0.5) is 5.69 Å². The number of fused-ring (bicyclic) bond motifs is 3. The van der Waals surface area contributed by atoms with Crippen molar-refractivity contribution in [2.24, 2.45) is 9.98 Å².